The van der Waals surface area contributed by atoms with E-state index in [-0.39, 0.29) is 0 Å². The molecule has 0 spiro atoms. The molecule has 3 rings (SSSR count). The largest absolute Gasteiger partial charge is 0.496 e. The van der Waals surface area contributed by atoms with Gasteiger partial charge in [0.05, 0.1) is 19.0 Å². The first-order valence-corrected chi connectivity index (χ1v) is 10.5. The Hall–Kier alpha value is -2.86. The van der Waals surface area contributed by atoms with Crippen LogP contribution < -0.4 is 14.9 Å². The van der Waals surface area contributed by atoms with Gasteiger partial charge in [0.1, 0.15) is 18.1 Å². The molecule has 3 aromatic rings. The number of nitrogens with one attached hydrogen (secondary N) is 1. The van der Waals surface area contributed by atoms with E-state index in [0.29, 0.717) is 12.5 Å². The van der Waals surface area contributed by atoms with E-state index in [9.17, 15) is 0 Å². The minimum Gasteiger partial charge on any atom is -0.496 e. The molecule has 1 aromatic heterocycles. The van der Waals surface area contributed by atoms with Gasteiger partial charge in [0, 0.05) is 10.9 Å². The van der Waals surface area contributed by atoms with Crippen molar-refractivity contribution in [3.05, 3.63) is 69.7 Å². The first-order valence-electron chi connectivity index (χ1n) is 9.57. The summed E-state index contributed by atoms with van der Waals surface area (Å²) in [5.41, 5.74) is 8.25. The summed E-state index contributed by atoms with van der Waals surface area (Å²) >= 11 is 1.53. The topological polar surface area (TPSA) is 55.7 Å². The van der Waals surface area contributed by atoms with E-state index in [2.05, 4.69) is 54.5 Å². The first kappa shape index (κ1) is 20.9. The number of aryl methyl sites for hydroxylation is 2. The molecule has 152 valence electrons. The quantitative estimate of drug-likeness (QED) is 0.371. The van der Waals surface area contributed by atoms with Crippen molar-refractivity contribution in [2.24, 2.45) is 5.10 Å². The molecule has 0 aliphatic rings. The fourth-order valence-corrected chi connectivity index (χ4v) is 3.60. The monoisotopic (exact) mass is 409 g/mol. The zero-order chi connectivity index (χ0) is 20.8. The molecule has 2 aromatic carbocycles. The number of aromatic nitrogens is 1. The van der Waals surface area contributed by atoms with E-state index in [1.54, 1.807) is 13.3 Å². The number of nitrogens with zero attached hydrogens (tertiary/aromatic N) is 2. The van der Waals surface area contributed by atoms with Crippen LogP contribution in [0.2, 0.25) is 0 Å². The summed E-state index contributed by atoms with van der Waals surface area (Å²) in [4.78, 5) is 4.33. The highest BCUT2D eigenvalue weighted by Gasteiger charge is 2.10. The van der Waals surface area contributed by atoms with Crippen LogP contribution >= 0.6 is 11.3 Å². The highest BCUT2D eigenvalue weighted by atomic mass is 32.1. The van der Waals surface area contributed by atoms with E-state index >= 15 is 0 Å². The van der Waals surface area contributed by atoms with Crippen LogP contribution in [0.4, 0.5) is 5.13 Å². The highest BCUT2D eigenvalue weighted by Crippen LogP contribution is 2.29. The summed E-state index contributed by atoms with van der Waals surface area (Å²) in [7, 11) is 1.67. The average Bonchev–Trinajstić information content (AvgIpc) is 3.11. The third-order valence-electron chi connectivity index (χ3n) is 4.47. The van der Waals surface area contributed by atoms with E-state index in [4.69, 9.17) is 9.47 Å². The van der Waals surface area contributed by atoms with Gasteiger partial charge in [0.25, 0.3) is 0 Å². The maximum Gasteiger partial charge on any atom is 0.203 e. The fraction of sp³-hybridized carbons (Fsp3) is 0.304. The number of anilines is 1. The van der Waals surface area contributed by atoms with Crippen molar-refractivity contribution < 1.29 is 9.47 Å². The lowest BCUT2D eigenvalue weighted by molar-refractivity contribution is 0.292. The summed E-state index contributed by atoms with van der Waals surface area (Å²) in [6.45, 7) is 8.80. The van der Waals surface area contributed by atoms with E-state index in [0.717, 1.165) is 33.5 Å². The van der Waals surface area contributed by atoms with Crippen LogP contribution in [-0.4, -0.2) is 18.3 Å². The summed E-state index contributed by atoms with van der Waals surface area (Å²) in [5, 5.41) is 7.04. The lowest BCUT2D eigenvalue weighted by atomic mass is 10.0. The van der Waals surface area contributed by atoms with Crippen LogP contribution in [0, 0.1) is 13.8 Å². The molecular weight excluding hydrogens is 382 g/mol. The van der Waals surface area contributed by atoms with Crippen LogP contribution in [0.5, 0.6) is 11.5 Å². The number of hydrogen-bond acceptors (Lipinski definition) is 6. The van der Waals surface area contributed by atoms with Crippen molar-refractivity contribution in [1.82, 2.24) is 4.98 Å². The predicted octanol–water partition coefficient (Wildman–Crippen LogP) is 5.92. The lowest BCUT2D eigenvalue weighted by Crippen LogP contribution is -2.03. The van der Waals surface area contributed by atoms with E-state index in [1.165, 1.54) is 22.5 Å². The maximum atomic E-state index is 6.19. The molecule has 0 fully saturated rings. The number of rotatable bonds is 8. The molecule has 1 heterocycles. The molecule has 29 heavy (non-hydrogen) atoms. The van der Waals surface area contributed by atoms with Gasteiger partial charge in [-0.15, -0.1) is 11.3 Å². The van der Waals surface area contributed by atoms with Gasteiger partial charge in [0.2, 0.25) is 5.13 Å². The Morgan fingerprint density at radius 2 is 1.97 bits per heavy atom. The summed E-state index contributed by atoms with van der Waals surface area (Å²) in [6, 6.07) is 12.3. The molecule has 0 unspecified atom stereocenters. The van der Waals surface area contributed by atoms with Crippen LogP contribution in [0.25, 0.3) is 0 Å². The van der Waals surface area contributed by atoms with Crippen LogP contribution in [0.1, 0.15) is 47.7 Å². The van der Waals surface area contributed by atoms with Crippen LogP contribution in [-0.2, 0) is 6.61 Å². The number of benzene rings is 2. The Kier molecular flexibility index (Phi) is 6.88. The number of hydrogen-bond donors (Lipinski definition) is 1. The van der Waals surface area contributed by atoms with Gasteiger partial charge in [0.15, 0.2) is 0 Å². The molecule has 1 N–H and O–H groups in total. The molecule has 6 heteroatoms. The molecule has 0 amide bonds. The van der Waals surface area contributed by atoms with Crippen molar-refractivity contribution in [2.45, 2.75) is 40.2 Å². The minimum atomic E-state index is 0.395. The molecular formula is C23H27N3O2S. The summed E-state index contributed by atoms with van der Waals surface area (Å²) in [6.07, 6.45) is 1.77. The standard InChI is InChI=1S/C23H27N3O2S/c1-15(2)20-8-6-16(3)10-22(20)28-13-19-11-18(7-9-21(19)27-5)12-24-26-23-25-17(4)14-29-23/h6-12,14-15H,13H2,1-5H3,(H,25,26). The normalized spacial score (nSPS) is 11.2. The second kappa shape index (κ2) is 9.56. The van der Waals surface area contributed by atoms with Crippen molar-refractivity contribution in [1.29, 1.82) is 0 Å². The molecule has 0 atom stereocenters. The van der Waals surface area contributed by atoms with Crippen molar-refractivity contribution >= 4 is 22.7 Å². The average molecular weight is 410 g/mol. The van der Waals surface area contributed by atoms with Crippen molar-refractivity contribution in [2.75, 3.05) is 12.5 Å². The summed E-state index contributed by atoms with van der Waals surface area (Å²) in [5.74, 6) is 2.11. The Labute approximate surface area is 176 Å². The highest BCUT2D eigenvalue weighted by molar-refractivity contribution is 7.13. The second-order valence-corrected chi connectivity index (χ2v) is 8.08. The molecule has 0 saturated carbocycles. The molecule has 0 saturated heterocycles. The number of ether oxygens (including phenoxy) is 2. The van der Waals surface area contributed by atoms with E-state index in [1.807, 2.05) is 30.5 Å². The first-order chi connectivity index (χ1) is 14.0. The van der Waals surface area contributed by atoms with Crippen molar-refractivity contribution in [3.8, 4) is 11.5 Å². The van der Waals surface area contributed by atoms with Gasteiger partial charge in [-0.2, -0.15) is 5.10 Å². The smallest absolute Gasteiger partial charge is 0.203 e. The fourth-order valence-electron chi connectivity index (χ4n) is 2.96. The Balaban J connectivity index is 1.75. The number of thiazole rings is 1. The van der Waals surface area contributed by atoms with Gasteiger partial charge in [-0.3, -0.25) is 5.43 Å². The Bertz CT molecular complexity index is 996. The molecule has 0 aliphatic heterocycles. The van der Waals surface area contributed by atoms with Crippen molar-refractivity contribution in [3.63, 3.8) is 0 Å². The summed E-state index contributed by atoms with van der Waals surface area (Å²) < 4.78 is 11.7. The maximum absolute atomic E-state index is 6.19. The minimum absolute atomic E-state index is 0.395. The predicted molar refractivity (Wildman–Crippen MR) is 121 cm³/mol. The Morgan fingerprint density at radius 3 is 2.66 bits per heavy atom. The molecule has 0 bridgehead atoms. The molecule has 5 nitrogen and oxygen atoms in total. The zero-order valence-corrected chi connectivity index (χ0v) is 18.3. The van der Waals surface area contributed by atoms with Crippen LogP contribution in [0.3, 0.4) is 0 Å². The van der Waals surface area contributed by atoms with Gasteiger partial charge in [-0.1, -0.05) is 26.0 Å². The molecule has 0 aliphatic carbocycles. The Morgan fingerprint density at radius 1 is 1.14 bits per heavy atom. The third kappa shape index (κ3) is 5.57. The molecule has 0 radical (unpaired) electrons. The lowest BCUT2D eigenvalue weighted by Gasteiger charge is -2.16. The SMILES string of the molecule is COc1ccc(C=NNc2nc(C)cs2)cc1COc1cc(C)ccc1C(C)C. The third-order valence-corrected chi connectivity index (χ3v) is 5.34. The van der Waals surface area contributed by atoms with Gasteiger partial charge >= 0.3 is 0 Å². The van der Waals surface area contributed by atoms with Gasteiger partial charge in [-0.25, -0.2) is 4.98 Å². The van der Waals surface area contributed by atoms with Gasteiger partial charge < -0.3 is 9.47 Å². The number of methoxy groups -OCH3 is 1. The second-order valence-electron chi connectivity index (χ2n) is 7.22. The number of hydrazone groups is 1. The van der Waals surface area contributed by atoms with Gasteiger partial charge in [-0.05, 0) is 60.7 Å². The van der Waals surface area contributed by atoms with Crippen LogP contribution in [0.15, 0.2) is 46.9 Å². The van der Waals surface area contributed by atoms with E-state index < -0.39 is 0 Å². The zero-order valence-electron chi connectivity index (χ0n) is 17.5.